The molecule has 3 aliphatic heterocycles. The number of nitrogens with one attached hydrogen (secondary N) is 1. The molecule has 3 fully saturated rings. The van der Waals surface area contributed by atoms with E-state index in [1.807, 2.05) is 12.2 Å². The fourth-order valence-corrected chi connectivity index (χ4v) is 11.8. The van der Waals surface area contributed by atoms with E-state index in [0.29, 0.717) is 19.3 Å². The standard InChI is InChI=1S/C69H125NO18/c1-3-5-7-9-11-13-15-17-18-19-20-21-22-23-24-25-26-27-28-29-30-31-32-33-35-36-38-40-42-44-46-53(74)52(70-57(75)47-45-43-41-39-37-34-16-14-12-10-8-6-4-2)51-83-67-63(81)60(78)65(55(49-72)85-67)88-69-64(82)61(79)66(56(50-73)86-69)87-68-62(80)59(77)58(76)54(48-71)84-68/h6,8,12,14,34,37,41,43,52-56,58-69,71-74,76-82H,3-5,7,9-11,13,15-33,35-36,38-40,42,44-51H2,1-2H3,(H,70,75)/b8-6-,14-12-,37-34-,43-41-. The van der Waals surface area contributed by atoms with Crippen molar-refractivity contribution in [2.24, 2.45) is 0 Å². The van der Waals surface area contributed by atoms with Crippen molar-refractivity contribution in [3.8, 4) is 0 Å². The molecule has 1 amide bonds. The van der Waals surface area contributed by atoms with Gasteiger partial charge in [-0.05, 0) is 38.5 Å². The summed E-state index contributed by atoms with van der Waals surface area (Å²) in [5, 5.41) is 120. The molecule has 17 atom stereocenters. The zero-order chi connectivity index (χ0) is 64.0. The summed E-state index contributed by atoms with van der Waals surface area (Å²) in [6.07, 6.45) is 33.8. The van der Waals surface area contributed by atoms with Crippen LogP contribution in [0.25, 0.3) is 0 Å². The van der Waals surface area contributed by atoms with Gasteiger partial charge in [-0.25, -0.2) is 0 Å². The zero-order valence-corrected chi connectivity index (χ0v) is 54.2. The van der Waals surface area contributed by atoms with Crippen LogP contribution in [0.3, 0.4) is 0 Å². The molecule has 0 aliphatic carbocycles. The maximum absolute atomic E-state index is 13.3. The van der Waals surface area contributed by atoms with Gasteiger partial charge in [-0.15, -0.1) is 0 Å². The second kappa shape index (κ2) is 51.2. The van der Waals surface area contributed by atoms with Crippen LogP contribution in [-0.2, 0) is 33.2 Å². The van der Waals surface area contributed by atoms with Crippen LogP contribution in [0.1, 0.15) is 251 Å². The minimum atomic E-state index is -1.98. The van der Waals surface area contributed by atoms with Gasteiger partial charge in [0.15, 0.2) is 18.9 Å². The number of carbonyl (C=O) groups excluding carboxylic acids is 1. The van der Waals surface area contributed by atoms with Crippen LogP contribution in [0.15, 0.2) is 48.6 Å². The number of rotatable bonds is 53. The lowest BCUT2D eigenvalue weighted by molar-refractivity contribution is -0.379. The van der Waals surface area contributed by atoms with Crippen molar-refractivity contribution in [1.82, 2.24) is 5.32 Å². The summed E-state index contributed by atoms with van der Waals surface area (Å²) in [5.41, 5.74) is 0. The molecule has 0 saturated carbocycles. The Bertz CT molecular complexity index is 1790. The van der Waals surface area contributed by atoms with Crippen molar-refractivity contribution in [3.05, 3.63) is 48.6 Å². The first kappa shape index (κ1) is 80.0. The summed E-state index contributed by atoms with van der Waals surface area (Å²) in [6, 6.07) is -0.927. The number of allylic oxidation sites excluding steroid dienone is 8. The van der Waals surface area contributed by atoms with Gasteiger partial charge >= 0.3 is 0 Å². The molecular weight excluding hydrogens is 1130 g/mol. The Kier molecular flexibility index (Phi) is 46.5. The highest BCUT2D eigenvalue weighted by Gasteiger charge is 2.53. The SMILES string of the molecule is CC/C=C\C/C=C\C/C=C\C/C=C\CCC(=O)NC(COC1OC(CO)C(OC2OC(CO)C(OC3OC(CO)C(O)C(O)C3O)C(O)C2O)C(O)C1O)C(O)CCCCCCCCCCCCCCCCCCCCCCCCCCCCCCCC. The maximum Gasteiger partial charge on any atom is 0.220 e. The van der Waals surface area contributed by atoms with Gasteiger partial charge in [0.25, 0.3) is 0 Å². The van der Waals surface area contributed by atoms with Gasteiger partial charge < -0.3 is 89.9 Å². The number of ether oxygens (including phenoxy) is 6. The molecule has 0 aromatic rings. The van der Waals surface area contributed by atoms with Gasteiger partial charge in [0.1, 0.15) is 73.2 Å². The number of hydrogen-bond acceptors (Lipinski definition) is 18. The van der Waals surface area contributed by atoms with E-state index in [1.54, 1.807) is 0 Å². The molecule has 0 aromatic heterocycles. The van der Waals surface area contributed by atoms with Crippen molar-refractivity contribution < 1.29 is 89.4 Å². The van der Waals surface area contributed by atoms with E-state index in [0.717, 1.165) is 44.9 Å². The van der Waals surface area contributed by atoms with Crippen LogP contribution in [0.2, 0.25) is 0 Å². The molecule has 514 valence electrons. The lowest BCUT2D eigenvalue weighted by atomic mass is 9.96. The molecule has 17 unspecified atom stereocenters. The highest BCUT2D eigenvalue weighted by Crippen LogP contribution is 2.33. The van der Waals surface area contributed by atoms with E-state index in [2.05, 4.69) is 55.6 Å². The lowest BCUT2D eigenvalue weighted by Crippen LogP contribution is -2.66. The first-order chi connectivity index (χ1) is 42.8. The molecule has 3 rings (SSSR count). The smallest absolute Gasteiger partial charge is 0.220 e. The predicted molar refractivity (Wildman–Crippen MR) is 342 cm³/mol. The number of amides is 1. The van der Waals surface area contributed by atoms with E-state index in [-0.39, 0.29) is 18.9 Å². The van der Waals surface area contributed by atoms with Gasteiger partial charge in [-0.1, -0.05) is 255 Å². The Morgan fingerprint density at radius 2 is 0.761 bits per heavy atom. The van der Waals surface area contributed by atoms with Gasteiger partial charge in [0.2, 0.25) is 5.91 Å². The van der Waals surface area contributed by atoms with Crippen LogP contribution in [-0.4, -0.2) is 193 Å². The molecule has 0 radical (unpaired) electrons. The van der Waals surface area contributed by atoms with E-state index >= 15 is 0 Å². The van der Waals surface area contributed by atoms with Crippen molar-refractivity contribution in [3.63, 3.8) is 0 Å². The molecular formula is C69H125NO18. The average Bonchev–Trinajstić information content (AvgIpc) is 1.80. The fraction of sp³-hybridized carbons (Fsp3) is 0.870. The van der Waals surface area contributed by atoms with Crippen molar-refractivity contribution in [1.29, 1.82) is 0 Å². The summed E-state index contributed by atoms with van der Waals surface area (Å²) in [4.78, 5) is 13.3. The van der Waals surface area contributed by atoms with Gasteiger partial charge in [-0.3, -0.25) is 4.79 Å². The summed E-state index contributed by atoms with van der Waals surface area (Å²) in [5.74, 6) is -0.321. The molecule has 0 spiro atoms. The lowest BCUT2D eigenvalue weighted by Gasteiger charge is -2.48. The Balaban J connectivity index is 1.39. The summed E-state index contributed by atoms with van der Waals surface area (Å²) >= 11 is 0. The number of carbonyl (C=O) groups is 1. The Hall–Kier alpha value is -2.25. The number of aliphatic hydroxyl groups is 11. The monoisotopic (exact) mass is 1260 g/mol. The molecule has 0 bridgehead atoms. The van der Waals surface area contributed by atoms with Crippen LogP contribution in [0.4, 0.5) is 0 Å². The summed E-state index contributed by atoms with van der Waals surface area (Å²) < 4.78 is 34.3. The molecule has 0 aromatic carbocycles. The second-order valence-corrected chi connectivity index (χ2v) is 25.0. The molecule has 19 nitrogen and oxygen atoms in total. The van der Waals surface area contributed by atoms with Gasteiger partial charge in [0.05, 0.1) is 38.6 Å². The summed E-state index contributed by atoms with van der Waals surface area (Å²) in [6.45, 7) is 1.64. The minimum Gasteiger partial charge on any atom is -0.394 e. The summed E-state index contributed by atoms with van der Waals surface area (Å²) in [7, 11) is 0. The van der Waals surface area contributed by atoms with Crippen LogP contribution >= 0.6 is 0 Å². The van der Waals surface area contributed by atoms with Crippen molar-refractivity contribution in [2.45, 2.75) is 356 Å². The predicted octanol–water partition coefficient (Wildman–Crippen LogP) is 9.00. The highest BCUT2D eigenvalue weighted by atomic mass is 16.8. The Morgan fingerprint density at radius 3 is 1.16 bits per heavy atom. The third kappa shape index (κ3) is 33.0. The van der Waals surface area contributed by atoms with Crippen LogP contribution in [0.5, 0.6) is 0 Å². The first-order valence-corrected chi connectivity index (χ1v) is 34.9. The maximum atomic E-state index is 13.3. The molecule has 88 heavy (non-hydrogen) atoms. The highest BCUT2D eigenvalue weighted by molar-refractivity contribution is 5.76. The van der Waals surface area contributed by atoms with Crippen molar-refractivity contribution >= 4 is 5.91 Å². The normalized spacial score (nSPS) is 28.7. The minimum absolute atomic E-state index is 0.144. The quantitative estimate of drug-likeness (QED) is 0.0200. The van der Waals surface area contributed by atoms with Crippen molar-refractivity contribution in [2.75, 3.05) is 26.4 Å². The Labute approximate surface area is 529 Å². The molecule has 3 saturated heterocycles. The molecule has 3 heterocycles. The largest absolute Gasteiger partial charge is 0.394 e. The average molecular weight is 1260 g/mol. The third-order valence-electron chi connectivity index (χ3n) is 17.4. The second-order valence-electron chi connectivity index (χ2n) is 25.0. The number of hydrogen-bond donors (Lipinski definition) is 12. The first-order valence-electron chi connectivity index (χ1n) is 34.9. The molecule has 3 aliphatic rings. The third-order valence-corrected chi connectivity index (χ3v) is 17.4. The van der Waals surface area contributed by atoms with Crippen LogP contribution < -0.4 is 5.32 Å². The van der Waals surface area contributed by atoms with E-state index in [9.17, 15) is 61.0 Å². The number of unbranched alkanes of at least 4 members (excludes halogenated alkanes) is 29. The topological polar surface area (TPSA) is 307 Å². The number of aliphatic hydroxyl groups excluding tert-OH is 11. The zero-order valence-electron chi connectivity index (χ0n) is 54.2. The molecule has 19 heteroatoms. The van der Waals surface area contributed by atoms with E-state index in [1.165, 1.54) is 167 Å². The van der Waals surface area contributed by atoms with Crippen LogP contribution in [0, 0.1) is 0 Å². The van der Waals surface area contributed by atoms with Gasteiger partial charge in [0, 0.05) is 6.42 Å². The van der Waals surface area contributed by atoms with Gasteiger partial charge in [-0.2, -0.15) is 0 Å². The fourth-order valence-electron chi connectivity index (χ4n) is 11.8. The van der Waals surface area contributed by atoms with E-state index in [4.69, 9.17) is 28.4 Å². The molecule has 12 N–H and O–H groups in total. The van der Waals surface area contributed by atoms with E-state index < -0.39 is 124 Å². The Morgan fingerprint density at radius 1 is 0.420 bits per heavy atom.